The van der Waals surface area contributed by atoms with Crippen LogP contribution in [0.4, 0.5) is 5.69 Å². The maximum Gasteiger partial charge on any atom is 0.251 e. The van der Waals surface area contributed by atoms with E-state index in [1.807, 2.05) is 40.0 Å². The van der Waals surface area contributed by atoms with E-state index in [0.717, 1.165) is 65.7 Å². The van der Waals surface area contributed by atoms with Crippen LogP contribution in [0.5, 0.6) is 0 Å². The molecule has 2 aromatic carbocycles. The summed E-state index contributed by atoms with van der Waals surface area (Å²) in [4.78, 5) is 27.8. The Morgan fingerprint density at radius 2 is 1.70 bits per heavy atom. The van der Waals surface area contributed by atoms with Gasteiger partial charge in [0, 0.05) is 48.7 Å². The average molecular weight is 504 g/mol. The van der Waals surface area contributed by atoms with Gasteiger partial charge in [-0.2, -0.15) is 0 Å². The molecule has 2 N–H and O–H groups in total. The number of aldehydes is 1. The number of anilines is 1. The first kappa shape index (κ1) is 29.9. The molecule has 0 aliphatic heterocycles. The molecule has 0 bridgehead atoms. The molecule has 0 saturated carbocycles. The molecule has 0 fully saturated rings. The number of hydrogen-bond donors (Lipinski definition) is 2. The van der Waals surface area contributed by atoms with Crippen LogP contribution in [-0.4, -0.2) is 38.4 Å². The third kappa shape index (κ3) is 7.82. The lowest BCUT2D eigenvalue weighted by Crippen LogP contribution is -2.36. The second-order valence-electron chi connectivity index (χ2n) is 9.76. The van der Waals surface area contributed by atoms with Crippen LogP contribution in [0.25, 0.3) is 11.1 Å². The van der Waals surface area contributed by atoms with Gasteiger partial charge in [-0.3, -0.25) is 9.59 Å². The zero-order chi connectivity index (χ0) is 27.5. The van der Waals surface area contributed by atoms with Gasteiger partial charge in [0.2, 0.25) is 0 Å². The number of carbonyl (C=O) groups is 2. The molecule has 1 amide bonds. The van der Waals surface area contributed by atoms with Crippen LogP contribution in [0.3, 0.4) is 0 Å². The van der Waals surface area contributed by atoms with Gasteiger partial charge >= 0.3 is 0 Å². The predicted molar refractivity (Wildman–Crippen MR) is 157 cm³/mol. The van der Waals surface area contributed by atoms with E-state index < -0.39 is 0 Å². The monoisotopic (exact) mass is 503 g/mol. The number of nitrogens with zero attached hydrogens (tertiary/aromatic N) is 1. The Kier molecular flexibility index (Phi) is 11.6. The van der Waals surface area contributed by atoms with Crippen molar-refractivity contribution < 1.29 is 9.59 Å². The van der Waals surface area contributed by atoms with Gasteiger partial charge in [-0.1, -0.05) is 50.1 Å². The first-order valence-corrected chi connectivity index (χ1v) is 13.5. The van der Waals surface area contributed by atoms with Crippen molar-refractivity contribution in [3.05, 3.63) is 76.0 Å². The molecule has 1 atom stereocenters. The largest absolute Gasteiger partial charge is 0.392 e. The summed E-state index contributed by atoms with van der Waals surface area (Å²) in [6.07, 6.45) is 6.00. The molecule has 2 aromatic rings. The third-order valence-electron chi connectivity index (χ3n) is 7.11. The molecule has 2 rings (SSSR count). The van der Waals surface area contributed by atoms with E-state index in [1.54, 1.807) is 0 Å². The highest BCUT2D eigenvalue weighted by atomic mass is 16.1. The molecular formula is C32H45N3O2. The van der Waals surface area contributed by atoms with Crippen molar-refractivity contribution in [3.8, 4) is 11.1 Å². The number of amides is 1. The minimum atomic E-state index is -0.172. The molecule has 0 saturated heterocycles. The van der Waals surface area contributed by atoms with Crippen LogP contribution in [0.1, 0.15) is 75.4 Å². The Hall–Kier alpha value is -3.34. The van der Waals surface area contributed by atoms with Crippen LogP contribution in [0, 0.1) is 13.8 Å². The van der Waals surface area contributed by atoms with E-state index in [4.69, 9.17) is 0 Å². The van der Waals surface area contributed by atoms with E-state index in [-0.39, 0.29) is 12.5 Å². The first-order chi connectivity index (χ1) is 17.7. The molecule has 0 aliphatic rings. The molecule has 5 heteroatoms. The van der Waals surface area contributed by atoms with E-state index in [9.17, 15) is 9.59 Å². The predicted octanol–water partition coefficient (Wildman–Crippen LogP) is 6.74. The van der Waals surface area contributed by atoms with E-state index in [1.165, 1.54) is 5.56 Å². The number of rotatable bonds is 13. The summed E-state index contributed by atoms with van der Waals surface area (Å²) in [5, 5.41) is 6.07. The molecule has 37 heavy (non-hydrogen) atoms. The quantitative estimate of drug-likeness (QED) is 0.180. The summed E-state index contributed by atoms with van der Waals surface area (Å²) in [5.74, 6) is -0.172. The molecular weight excluding hydrogens is 458 g/mol. The van der Waals surface area contributed by atoms with Crippen LogP contribution in [-0.2, 0) is 4.79 Å². The summed E-state index contributed by atoms with van der Waals surface area (Å²) in [6.45, 7) is 15.6. The standard InChI is InChI=1S/C32H45N3O2/c1-9-12-29(10-2)35(11-3)31-19-27(26-15-13-22(4)14-16-26)18-30(25(31)7)32(37)34-20-28(21-36)23(5)17-24(6)33-8/h13-19,21,29,33H,9-12,20H2,1-8H3,(H,34,37)/b24-17-,28-23-. The van der Waals surface area contributed by atoms with E-state index >= 15 is 0 Å². The molecule has 5 nitrogen and oxygen atoms in total. The lowest BCUT2D eigenvalue weighted by Gasteiger charge is -2.34. The molecule has 0 heterocycles. The Morgan fingerprint density at radius 1 is 1.03 bits per heavy atom. The van der Waals surface area contributed by atoms with Gasteiger partial charge in [-0.25, -0.2) is 0 Å². The van der Waals surface area contributed by atoms with Crippen LogP contribution < -0.4 is 15.5 Å². The van der Waals surface area contributed by atoms with Gasteiger partial charge in [0.1, 0.15) is 6.29 Å². The second kappa shape index (κ2) is 14.4. The molecule has 0 aromatic heterocycles. The van der Waals surface area contributed by atoms with Crippen molar-refractivity contribution in [2.75, 3.05) is 25.0 Å². The summed E-state index contributed by atoms with van der Waals surface area (Å²) in [5.41, 5.74) is 8.34. The number of aryl methyl sites for hydroxylation is 1. The van der Waals surface area contributed by atoms with Crippen molar-refractivity contribution >= 4 is 17.9 Å². The van der Waals surface area contributed by atoms with Crippen molar-refractivity contribution in [3.63, 3.8) is 0 Å². The zero-order valence-electron chi connectivity index (χ0n) is 24.0. The number of nitrogens with one attached hydrogen (secondary N) is 2. The van der Waals surface area contributed by atoms with Crippen LogP contribution >= 0.6 is 0 Å². The van der Waals surface area contributed by atoms with Crippen LogP contribution in [0.15, 0.2) is 59.3 Å². The molecule has 0 aliphatic carbocycles. The summed E-state index contributed by atoms with van der Waals surface area (Å²) in [6, 6.07) is 13.0. The topological polar surface area (TPSA) is 61.4 Å². The van der Waals surface area contributed by atoms with Gasteiger partial charge in [0.15, 0.2) is 0 Å². The van der Waals surface area contributed by atoms with Crippen LogP contribution in [0.2, 0.25) is 0 Å². The number of benzene rings is 2. The van der Waals surface area contributed by atoms with Crippen molar-refractivity contribution in [2.45, 2.75) is 73.8 Å². The normalized spacial score (nSPS) is 13.0. The van der Waals surface area contributed by atoms with Crippen molar-refractivity contribution in [1.29, 1.82) is 0 Å². The highest BCUT2D eigenvalue weighted by Crippen LogP contribution is 2.33. The molecule has 200 valence electrons. The fourth-order valence-electron chi connectivity index (χ4n) is 4.72. The lowest BCUT2D eigenvalue weighted by atomic mass is 9.95. The van der Waals surface area contributed by atoms with Gasteiger partial charge < -0.3 is 15.5 Å². The molecule has 0 spiro atoms. The Balaban J connectivity index is 2.56. The third-order valence-corrected chi connectivity index (χ3v) is 7.11. The second-order valence-corrected chi connectivity index (χ2v) is 9.76. The smallest absolute Gasteiger partial charge is 0.251 e. The highest BCUT2D eigenvalue weighted by Gasteiger charge is 2.22. The first-order valence-electron chi connectivity index (χ1n) is 13.5. The minimum absolute atomic E-state index is 0.172. The fourth-order valence-corrected chi connectivity index (χ4v) is 4.72. The van der Waals surface area contributed by atoms with Gasteiger partial charge in [0.25, 0.3) is 5.91 Å². The van der Waals surface area contributed by atoms with E-state index in [0.29, 0.717) is 17.2 Å². The Bertz CT molecular complexity index is 1130. The van der Waals surface area contributed by atoms with Gasteiger partial charge in [0.05, 0.1) is 0 Å². The fraction of sp³-hybridized carbons (Fsp3) is 0.438. The van der Waals surface area contributed by atoms with E-state index in [2.05, 4.69) is 73.6 Å². The van der Waals surface area contributed by atoms with Gasteiger partial charge in [-0.05, 0) is 87.9 Å². The SMILES string of the molecule is CCCC(CC)N(CC)c1cc(-c2ccc(C)cc2)cc(C(=O)NC/C(C=O)=C(C)/C=C(/C)NC)c1C. The molecule has 0 radical (unpaired) electrons. The zero-order valence-corrected chi connectivity index (χ0v) is 24.0. The molecule has 1 unspecified atom stereocenters. The average Bonchev–Trinajstić information content (AvgIpc) is 2.89. The number of allylic oxidation sites excluding steroid dienone is 3. The summed E-state index contributed by atoms with van der Waals surface area (Å²) < 4.78 is 0. The maximum absolute atomic E-state index is 13.6. The summed E-state index contributed by atoms with van der Waals surface area (Å²) >= 11 is 0. The summed E-state index contributed by atoms with van der Waals surface area (Å²) in [7, 11) is 1.84. The maximum atomic E-state index is 13.6. The Labute approximate surface area is 224 Å². The highest BCUT2D eigenvalue weighted by molar-refractivity contribution is 5.99. The van der Waals surface area contributed by atoms with Crippen molar-refractivity contribution in [1.82, 2.24) is 10.6 Å². The number of hydrogen-bond acceptors (Lipinski definition) is 4. The minimum Gasteiger partial charge on any atom is -0.392 e. The Morgan fingerprint density at radius 3 is 2.24 bits per heavy atom. The number of carbonyl (C=O) groups excluding carboxylic acids is 2. The van der Waals surface area contributed by atoms with Crippen molar-refractivity contribution in [2.24, 2.45) is 0 Å². The lowest BCUT2D eigenvalue weighted by molar-refractivity contribution is -0.105. The van der Waals surface area contributed by atoms with Gasteiger partial charge in [-0.15, -0.1) is 0 Å².